The molecule has 202 valence electrons. The van der Waals surface area contributed by atoms with Gasteiger partial charge in [-0.05, 0) is 60.9 Å². The molecule has 3 aromatic heterocycles. The number of phosphoric ester groups is 1. The zero-order valence-electron chi connectivity index (χ0n) is 21.0. The Balaban J connectivity index is 1.28. The van der Waals surface area contributed by atoms with Crippen LogP contribution in [0.3, 0.4) is 0 Å². The maximum atomic E-state index is 12.2. The van der Waals surface area contributed by atoms with E-state index in [0.29, 0.717) is 39.6 Å². The van der Waals surface area contributed by atoms with E-state index < -0.39 is 13.7 Å². The first-order valence-electron chi connectivity index (χ1n) is 11.8. The van der Waals surface area contributed by atoms with E-state index in [1.807, 2.05) is 31.2 Å². The second-order valence-electron chi connectivity index (χ2n) is 8.42. The molecule has 40 heavy (non-hydrogen) atoms. The number of benzene rings is 2. The highest BCUT2D eigenvalue weighted by Crippen LogP contribution is 2.35. The summed E-state index contributed by atoms with van der Waals surface area (Å²) in [4.78, 5) is 42.3. The lowest BCUT2D eigenvalue weighted by molar-refractivity contribution is -0.111. The van der Waals surface area contributed by atoms with Crippen LogP contribution in [0.1, 0.15) is 12.0 Å². The fourth-order valence-electron chi connectivity index (χ4n) is 3.72. The number of aromatic nitrogens is 5. The molecule has 0 aliphatic rings. The third-order valence-corrected chi connectivity index (χ3v) is 6.02. The Kier molecular flexibility index (Phi) is 7.68. The number of pyridine rings is 1. The van der Waals surface area contributed by atoms with Crippen LogP contribution in [-0.4, -0.2) is 46.9 Å². The highest BCUT2D eigenvalue weighted by atomic mass is 31.2. The summed E-state index contributed by atoms with van der Waals surface area (Å²) in [5.41, 5.74) is 3.48. The van der Waals surface area contributed by atoms with Crippen LogP contribution in [0.4, 0.5) is 17.2 Å². The van der Waals surface area contributed by atoms with Gasteiger partial charge in [0.05, 0.1) is 12.1 Å². The van der Waals surface area contributed by atoms with Gasteiger partial charge in [-0.15, -0.1) is 0 Å². The fourth-order valence-corrected chi connectivity index (χ4v) is 4.05. The molecule has 13 nitrogen and oxygen atoms in total. The van der Waals surface area contributed by atoms with Crippen molar-refractivity contribution in [3.63, 3.8) is 0 Å². The van der Waals surface area contributed by atoms with E-state index in [1.165, 1.54) is 12.7 Å². The molecule has 5 aromatic rings. The standard InChI is InChI=1S/C26H22N7O6P/c1-17-12-18(6-8-23(17)39-20-9-10-33-24(14-20)28-16-30-33)32-26-21-13-19(5-7-22(21)27-15-29-26)31-25(34)4-2-3-11-38-40(35,36)37/h5-10,12-16H,3,11H2,1H3,(H,31,34)(H,27,29,32)(H2,35,36,37). The van der Waals surface area contributed by atoms with Gasteiger partial charge in [0.2, 0.25) is 0 Å². The molecular formula is C26H22N7O6P. The Bertz CT molecular complexity index is 1830. The Hall–Kier alpha value is -4.86. The molecule has 0 bridgehead atoms. The summed E-state index contributed by atoms with van der Waals surface area (Å²) in [5, 5.41) is 10.7. The van der Waals surface area contributed by atoms with Gasteiger partial charge in [-0.2, -0.15) is 5.10 Å². The second-order valence-corrected chi connectivity index (χ2v) is 9.66. The predicted molar refractivity (Wildman–Crippen MR) is 146 cm³/mol. The van der Waals surface area contributed by atoms with Gasteiger partial charge in [-0.1, -0.05) is 5.92 Å². The highest BCUT2D eigenvalue weighted by molar-refractivity contribution is 7.46. The summed E-state index contributed by atoms with van der Waals surface area (Å²) in [6.45, 7) is 1.64. The first-order valence-corrected chi connectivity index (χ1v) is 13.4. The van der Waals surface area contributed by atoms with Crippen LogP contribution in [0.15, 0.2) is 67.4 Å². The number of nitrogens with one attached hydrogen (secondary N) is 2. The lowest BCUT2D eigenvalue weighted by Crippen LogP contribution is -2.08. The number of anilines is 3. The molecular weight excluding hydrogens is 537 g/mol. The monoisotopic (exact) mass is 559 g/mol. The zero-order chi connectivity index (χ0) is 28.1. The zero-order valence-corrected chi connectivity index (χ0v) is 21.9. The average Bonchev–Trinajstić information content (AvgIpc) is 3.38. The molecule has 0 spiro atoms. The number of nitrogens with zero attached hydrogens (tertiary/aromatic N) is 5. The SMILES string of the molecule is Cc1cc(Nc2ncnc3ccc(NC(=O)C#CCCOP(=O)(O)O)cc23)ccc1Oc1ccn2ncnc2c1. The minimum atomic E-state index is -4.56. The molecule has 0 fully saturated rings. The number of phosphoric acid groups is 1. The predicted octanol–water partition coefficient (Wildman–Crippen LogP) is 3.96. The van der Waals surface area contributed by atoms with Crippen LogP contribution >= 0.6 is 7.82 Å². The molecule has 0 atom stereocenters. The lowest BCUT2D eigenvalue weighted by Gasteiger charge is -2.13. The molecule has 4 N–H and O–H groups in total. The number of aryl methyl sites for hydroxylation is 1. The van der Waals surface area contributed by atoms with Crippen molar-refractivity contribution in [2.45, 2.75) is 13.3 Å². The fraction of sp³-hybridized carbons (Fsp3) is 0.115. The van der Waals surface area contributed by atoms with Crippen molar-refractivity contribution < 1.29 is 28.4 Å². The minimum absolute atomic E-state index is 0.0153. The topological polar surface area (TPSA) is 173 Å². The maximum Gasteiger partial charge on any atom is 0.469 e. The molecule has 14 heteroatoms. The number of carbonyl (C=O) groups is 1. The molecule has 0 radical (unpaired) electrons. The summed E-state index contributed by atoms with van der Waals surface area (Å²) in [6, 6.07) is 14.4. The smallest absolute Gasteiger partial charge is 0.457 e. The number of carbonyl (C=O) groups excluding carboxylic acids is 1. The van der Waals surface area contributed by atoms with Gasteiger partial charge in [0.15, 0.2) is 5.65 Å². The van der Waals surface area contributed by atoms with Gasteiger partial charge in [0.25, 0.3) is 5.91 Å². The first kappa shape index (κ1) is 26.7. The Labute approximate surface area is 227 Å². The molecule has 1 amide bonds. The third-order valence-electron chi connectivity index (χ3n) is 5.50. The van der Waals surface area contributed by atoms with E-state index in [-0.39, 0.29) is 13.0 Å². The molecule has 3 heterocycles. The van der Waals surface area contributed by atoms with Gasteiger partial charge < -0.3 is 25.2 Å². The van der Waals surface area contributed by atoms with E-state index in [1.54, 1.807) is 35.0 Å². The number of fused-ring (bicyclic) bond motifs is 2. The Morgan fingerprint density at radius 3 is 2.73 bits per heavy atom. The van der Waals surface area contributed by atoms with E-state index in [9.17, 15) is 9.36 Å². The molecule has 2 aromatic carbocycles. The summed E-state index contributed by atoms with van der Waals surface area (Å²) < 4.78 is 22.7. The number of hydrogen-bond donors (Lipinski definition) is 4. The maximum absolute atomic E-state index is 12.2. The van der Waals surface area contributed by atoms with E-state index in [0.717, 1.165) is 11.3 Å². The Morgan fingerprint density at radius 2 is 1.90 bits per heavy atom. The first-order chi connectivity index (χ1) is 19.2. The average molecular weight is 559 g/mol. The van der Waals surface area contributed by atoms with E-state index >= 15 is 0 Å². The number of amides is 1. The summed E-state index contributed by atoms with van der Waals surface area (Å²) in [7, 11) is -4.56. The van der Waals surface area contributed by atoms with E-state index in [4.69, 9.17) is 14.5 Å². The molecule has 0 aliphatic heterocycles. The summed E-state index contributed by atoms with van der Waals surface area (Å²) in [5.74, 6) is 6.13. The van der Waals surface area contributed by atoms with Gasteiger partial charge in [0.1, 0.15) is 30.0 Å². The summed E-state index contributed by atoms with van der Waals surface area (Å²) >= 11 is 0. The van der Waals surface area contributed by atoms with Crippen LogP contribution < -0.4 is 15.4 Å². The molecule has 0 saturated heterocycles. The highest BCUT2D eigenvalue weighted by Gasteiger charge is 2.12. The normalized spacial score (nSPS) is 11.2. The molecule has 0 saturated carbocycles. The van der Waals surface area contributed by atoms with Crippen LogP contribution in [0.5, 0.6) is 11.5 Å². The van der Waals surface area contributed by atoms with Crippen molar-refractivity contribution in [2.24, 2.45) is 0 Å². The molecule has 5 rings (SSSR count). The van der Waals surface area contributed by atoms with Gasteiger partial charge in [-0.25, -0.2) is 24.0 Å². The van der Waals surface area contributed by atoms with Crippen molar-refractivity contribution in [2.75, 3.05) is 17.2 Å². The van der Waals surface area contributed by atoms with Gasteiger partial charge in [0, 0.05) is 35.4 Å². The van der Waals surface area contributed by atoms with Crippen molar-refractivity contribution >= 4 is 47.5 Å². The van der Waals surface area contributed by atoms with Crippen molar-refractivity contribution in [1.82, 2.24) is 24.6 Å². The van der Waals surface area contributed by atoms with Crippen molar-refractivity contribution in [1.29, 1.82) is 0 Å². The largest absolute Gasteiger partial charge is 0.469 e. The number of ether oxygens (including phenoxy) is 1. The van der Waals surface area contributed by atoms with Crippen molar-refractivity contribution in [3.05, 3.63) is 72.9 Å². The van der Waals surface area contributed by atoms with Gasteiger partial charge in [-0.3, -0.25) is 9.32 Å². The molecule has 0 unspecified atom stereocenters. The number of rotatable bonds is 8. The lowest BCUT2D eigenvalue weighted by atomic mass is 10.1. The van der Waals surface area contributed by atoms with E-state index in [2.05, 4.69) is 47.0 Å². The van der Waals surface area contributed by atoms with Crippen LogP contribution in [0.25, 0.3) is 16.6 Å². The molecule has 0 aliphatic carbocycles. The second kappa shape index (κ2) is 11.5. The van der Waals surface area contributed by atoms with Crippen LogP contribution in [-0.2, 0) is 13.9 Å². The number of hydrogen-bond acceptors (Lipinski definition) is 9. The van der Waals surface area contributed by atoms with Crippen molar-refractivity contribution in [3.8, 4) is 23.3 Å². The quantitative estimate of drug-likeness (QED) is 0.123. The third kappa shape index (κ3) is 6.76. The summed E-state index contributed by atoms with van der Waals surface area (Å²) in [6.07, 6.45) is 4.68. The minimum Gasteiger partial charge on any atom is -0.457 e. The van der Waals surface area contributed by atoms with Gasteiger partial charge >= 0.3 is 7.82 Å². The van der Waals surface area contributed by atoms with Crippen LogP contribution in [0, 0.1) is 18.8 Å². The van der Waals surface area contributed by atoms with Crippen LogP contribution in [0.2, 0.25) is 0 Å². The Morgan fingerprint density at radius 1 is 1.05 bits per heavy atom.